The highest BCUT2D eigenvalue weighted by atomic mass is 19.4. The highest BCUT2D eigenvalue weighted by Crippen LogP contribution is 2.46. The average Bonchev–Trinajstić information content (AvgIpc) is 2.75. The number of halogens is 5. The fourth-order valence-corrected chi connectivity index (χ4v) is 5.07. The number of rotatable bonds is 7. The zero-order valence-corrected chi connectivity index (χ0v) is 19.7. The summed E-state index contributed by atoms with van der Waals surface area (Å²) in [5, 5.41) is 5.04. The first kappa shape index (κ1) is 27.2. The fourth-order valence-electron chi connectivity index (χ4n) is 5.07. The number of nitrogens with one attached hydrogen (secondary N) is 2. The second-order valence-electron chi connectivity index (χ2n) is 9.76. The number of amides is 1. The Labute approximate surface area is 201 Å². The topological polar surface area (TPSA) is 70.7 Å². The molecule has 1 aromatic carbocycles. The number of aldehydes is 1. The van der Waals surface area contributed by atoms with Gasteiger partial charge < -0.3 is 20.2 Å². The van der Waals surface area contributed by atoms with E-state index in [0.717, 1.165) is 50.7 Å². The Morgan fingerprint density at radius 2 is 1.86 bits per heavy atom. The minimum Gasteiger partial charge on any atom is -0.435 e. The van der Waals surface area contributed by atoms with Gasteiger partial charge in [0.05, 0.1) is 6.54 Å². The Hall–Kier alpha value is -2.43. The van der Waals surface area contributed by atoms with Gasteiger partial charge >= 0.3 is 12.8 Å². The van der Waals surface area contributed by atoms with Crippen LogP contribution in [0.2, 0.25) is 0 Å². The summed E-state index contributed by atoms with van der Waals surface area (Å²) in [4.78, 5) is 24.7. The molecule has 0 unspecified atom stereocenters. The first-order chi connectivity index (χ1) is 16.5. The number of carbonyl (C=O) groups is 2. The summed E-state index contributed by atoms with van der Waals surface area (Å²) in [7, 11) is 1.71. The van der Waals surface area contributed by atoms with Gasteiger partial charge in [-0.05, 0) is 62.5 Å². The van der Waals surface area contributed by atoms with Gasteiger partial charge in [0.15, 0.2) is 0 Å². The van der Waals surface area contributed by atoms with Gasteiger partial charge in [0.1, 0.15) is 17.6 Å². The van der Waals surface area contributed by atoms with Crippen molar-refractivity contribution < 1.29 is 36.3 Å². The molecule has 1 saturated heterocycles. The molecule has 1 amide bonds. The molecule has 3 fully saturated rings. The van der Waals surface area contributed by atoms with E-state index in [2.05, 4.69) is 15.4 Å². The molecule has 0 bridgehead atoms. The number of alkyl halides is 5. The highest BCUT2D eigenvalue weighted by Gasteiger charge is 2.59. The van der Waals surface area contributed by atoms with Crippen molar-refractivity contribution >= 4 is 17.9 Å². The molecule has 6 nitrogen and oxygen atoms in total. The van der Waals surface area contributed by atoms with Gasteiger partial charge in [0, 0.05) is 37.8 Å². The molecule has 2 aliphatic carbocycles. The lowest BCUT2D eigenvalue weighted by Crippen LogP contribution is -2.66. The zero-order valence-electron chi connectivity index (χ0n) is 19.7. The van der Waals surface area contributed by atoms with Crippen molar-refractivity contribution in [1.82, 2.24) is 10.2 Å². The molecule has 11 heteroatoms. The third-order valence-corrected chi connectivity index (χ3v) is 7.24. The quantitative estimate of drug-likeness (QED) is 0.419. The lowest BCUT2D eigenvalue weighted by atomic mass is 9.66. The SMILES string of the molecule is CNc1cccc(OC(F)F)c1.O=CC1CCC2(CC1)CN(CC(=O)NC1(C(F)(F)F)CCC1)C2. The van der Waals surface area contributed by atoms with Gasteiger partial charge in [-0.1, -0.05) is 6.07 Å². The summed E-state index contributed by atoms with van der Waals surface area (Å²) in [6, 6.07) is 6.39. The molecule has 0 aromatic heterocycles. The molecular formula is C24H32F5N3O3. The van der Waals surface area contributed by atoms with Crippen LogP contribution in [0.5, 0.6) is 5.75 Å². The Bertz CT molecular complexity index is 860. The van der Waals surface area contributed by atoms with Gasteiger partial charge in [0.2, 0.25) is 5.91 Å². The lowest BCUT2D eigenvalue weighted by Gasteiger charge is -2.53. The molecule has 1 aromatic rings. The predicted molar refractivity (Wildman–Crippen MR) is 120 cm³/mol. The molecule has 3 aliphatic rings. The van der Waals surface area contributed by atoms with Crippen molar-refractivity contribution in [2.75, 3.05) is 32.0 Å². The molecule has 1 aliphatic heterocycles. The van der Waals surface area contributed by atoms with Crippen LogP contribution in [0.3, 0.4) is 0 Å². The average molecular weight is 506 g/mol. The predicted octanol–water partition coefficient (Wildman–Crippen LogP) is 4.61. The Balaban J connectivity index is 0.000000241. The van der Waals surface area contributed by atoms with Crippen LogP contribution in [-0.4, -0.2) is 62.1 Å². The van der Waals surface area contributed by atoms with Crippen LogP contribution in [-0.2, 0) is 9.59 Å². The minimum atomic E-state index is -4.37. The number of carbonyl (C=O) groups excluding carboxylic acids is 2. The number of nitrogens with zero attached hydrogens (tertiary/aromatic N) is 1. The summed E-state index contributed by atoms with van der Waals surface area (Å²) >= 11 is 0. The Morgan fingerprint density at radius 3 is 2.34 bits per heavy atom. The first-order valence-electron chi connectivity index (χ1n) is 11.8. The normalized spacial score (nSPS) is 21.2. The summed E-state index contributed by atoms with van der Waals surface area (Å²) in [5.74, 6) is -0.210. The van der Waals surface area contributed by atoms with E-state index in [1.165, 1.54) is 12.1 Å². The van der Waals surface area contributed by atoms with Gasteiger partial charge in [-0.15, -0.1) is 0 Å². The minimum absolute atomic E-state index is 0.0146. The van der Waals surface area contributed by atoms with E-state index >= 15 is 0 Å². The molecule has 1 spiro atoms. The molecule has 2 N–H and O–H groups in total. The third kappa shape index (κ3) is 6.83. The summed E-state index contributed by atoms with van der Waals surface area (Å²) in [5.41, 5.74) is -1.07. The number of likely N-dealkylation sites (tertiary alicyclic amines) is 1. The maximum absolute atomic E-state index is 13.0. The molecule has 35 heavy (non-hydrogen) atoms. The second-order valence-corrected chi connectivity index (χ2v) is 9.76. The maximum atomic E-state index is 13.0. The molecular weight excluding hydrogens is 473 g/mol. The molecule has 196 valence electrons. The van der Waals surface area contributed by atoms with E-state index in [9.17, 15) is 31.5 Å². The van der Waals surface area contributed by atoms with Gasteiger partial charge in [0.25, 0.3) is 0 Å². The van der Waals surface area contributed by atoms with Crippen LogP contribution < -0.4 is 15.4 Å². The number of benzene rings is 1. The van der Waals surface area contributed by atoms with Crippen LogP contribution in [0.1, 0.15) is 44.9 Å². The van der Waals surface area contributed by atoms with Gasteiger partial charge in [-0.25, -0.2) is 0 Å². The fraction of sp³-hybridized carbons (Fsp3) is 0.667. The molecule has 1 heterocycles. The van der Waals surface area contributed by atoms with Crippen molar-refractivity contribution in [3.63, 3.8) is 0 Å². The largest absolute Gasteiger partial charge is 0.435 e. The molecule has 4 rings (SSSR count). The number of hydrogen-bond acceptors (Lipinski definition) is 5. The van der Waals surface area contributed by atoms with E-state index in [1.54, 1.807) is 19.2 Å². The van der Waals surface area contributed by atoms with Crippen molar-refractivity contribution in [3.05, 3.63) is 24.3 Å². The monoisotopic (exact) mass is 505 g/mol. The summed E-state index contributed by atoms with van der Waals surface area (Å²) in [6.07, 6.45) is 0.850. The van der Waals surface area contributed by atoms with E-state index in [1.807, 2.05) is 4.90 Å². The van der Waals surface area contributed by atoms with Crippen LogP contribution in [0.4, 0.5) is 27.6 Å². The Kier molecular flexibility index (Phi) is 8.61. The standard InChI is InChI=1S/C16H23F3N2O2.C8H9F2NO/c17-16(18,19)15(4-1-5-15)20-13(23)8-21-10-14(11-21)6-2-12(9-22)3-7-14;1-11-6-3-2-4-7(5-6)12-8(9)10/h9,12H,1-8,10-11H2,(H,20,23);2-5,8,11H,1H3. The number of hydrogen-bond donors (Lipinski definition) is 2. The smallest absolute Gasteiger partial charge is 0.411 e. The molecule has 0 atom stereocenters. The van der Waals surface area contributed by atoms with Gasteiger partial charge in [-0.3, -0.25) is 9.69 Å². The molecule has 0 radical (unpaired) electrons. The molecule has 2 saturated carbocycles. The van der Waals surface area contributed by atoms with Crippen LogP contribution in [0.25, 0.3) is 0 Å². The van der Waals surface area contributed by atoms with Crippen molar-refractivity contribution in [3.8, 4) is 5.75 Å². The third-order valence-electron chi connectivity index (χ3n) is 7.24. The van der Waals surface area contributed by atoms with E-state index in [4.69, 9.17) is 0 Å². The van der Waals surface area contributed by atoms with Crippen LogP contribution >= 0.6 is 0 Å². The van der Waals surface area contributed by atoms with E-state index in [0.29, 0.717) is 6.42 Å². The zero-order chi connectivity index (χ0) is 25.7. The number of anilines is 1. The lowest BCUT2D eigenvalue weighted by molar-refractivity contribution is -0.219. The summed E-state index contributed by atoms with van der Waals surface area (Å²) < 4.78 is 66.8. The van der Waals surface area contributed by atoms with E-state index < -0.39 is 24.2 Å². The number of ether oxygens (including phenoxy) is 1. The summed E-state index contributed by atoms with van der Waals surface area (Å²) in [6.45, 7) is -1.22. The van der Waals surface area contributed by atoms with Crippen molar-refractivity contribution in [1.29, 1.82) is 0 Å². The highest BCUT2D eigenvalue weighted by molar-refractivity contribution is 5.79. The Morgan fingerprint density at radius 1 is 1.20 bits per heavy atom. The second kappa shape index (κ2) is 11.1. The van der Waals surface area contributed by atoms with E-state index in [-0.39, 0.29) is 36.5 Å². The van der Waals surface area contributed by atoms with Crippen LogP contribution in [0, 0.1) is 11.3 Å². The van der Waals surface area contributed by atoms with Crippen LogP contribution in [0.15, 0.2) is 24.3 Å². The van der Waals surface area contributed by atoms with Crippen molar-refractivity contribution in [2.24, 2.45) is 11.3 Å². The maximum Gasteiger partial charge on any atom is 0.411 e. The van der Waals surface area contributed by atoms with Crippen molar-refractivity contribution in [2.45, 2.75) is 63.3 Å². The first-order valence-corrected chi connectivity index (χ1v) is 11.8. The van der Waals surface area contributed by atoms with Gasteiger partial charge in [-0.2, -0.15) is 22.0 Å².